The van der Waals surface area contributed by atoms with Crippen molar-refractivity contribution in [2.75, 3.05) is 13.1 Å². The van der Waals surface area contributed by atoms with Crippen LogP contribution in [0.3, 0.4) is 0 Å². The molecule has 0 heterocycles. The molecule has 0 bridgehead atoms. The highest BCUT2D eigenvalue weighted by atomic mass is 15.2. The summed E-state index contributed by atoms with van der Waals surface area (Å²) in [7, 11) is 0. The molecule has 2 aliphatic carbocycles. The molecule has 2 unspecified atom stereocenters. The molecule has 0 aromatic heterocycles. The van der Waals surface area contributed by atoms with E-state index in [2.05, 4.69) is 25.7 Å². The van der Waals surface area contributed by atoms with Crippen molar-refractivity contribution in [3.8, 4) is 0 Å². The van der Waals surface area contributed by atoms with Crippen molar-refractivity contribution >= 4 is 0 Å². The predicted molar refractivity (Wildman–Crippen MR) is 87.8 cm³/mol. The summed E-state index contributed by atoms with van der Waals surface area (Å²) in [5, 5.41) is 0. The zero-order chi connectivity index (χ0) is 14.6. The number of nitrogens with zero attached hydrogens (tertiary/aromatic N) is 1. The third kappa shape index (κ3) is 3.57. The Morgan fingerprint density at radius 3 is 2.40 bits per heavy atom. The molecule has 0 aromatic rings. The highest BCUT2D eigenvalue weighted by molar-refractivity contribution is 4.99. The van der Waals surface area contributed by atoms with E-state index in [0.29, 0.717) is 5.54 Å². The number of rotatable bonds is 6. The molecule has 0 saturated heterocycles. The fraction of sp³-hybridized carbons (Fsp3) is 1.00. The zero-order valence-corrected chi connectivity index (χ0v) is 14.0. The fourth-order valence-corrected chi connectivity index (χ4v) is 5.09. The summed E-state index contributed by atoms with van der Waals surface area (Å²) in [5.41, 5.74) is 6.65. The van der Waals surface area contributed by atoms with Crippen molar-refractivity contribution in [1.29, 1.82) is 0 Å². The first kappa shape index (κ1) is 16.3. The maximum absolute atomic E-state index is 6.33. The molecule has 0 aromatic carbocycles. The van der Waals surface area contributed by atoms with E-state index in [1.54, 1.807) is 0 Å². The SMILES string of the molecule is CCN(C1CCCC1)C1(CN)CCCC(CC(C)C)C1. The van der Waals surface area contributed by atoms with Gasteiger partial charge in [-0.25, -0.2) is 0 Å². The molecule has 2 heteroatoms. The zero-order valence-electron chi connectivity index (χ0n) is 14.0. The Labute approximate surface area is 126 Å². The summed E-state index contributed by atoms with van der Waals surface area (Å²) < 4.78 is 0. The Morgan fingerprint density at radius 1 is 1.15 bits per heavy atom. The number of nitrogens with two attached hydrogens (primary N) is 1. The first-order valence-electron chi connectivity index (χ1n) is 9.08. The first-order chi connectivity index (χ1) is 9.61. The largest absolute Gasteiger partial charge is 0.329 e. The number of hydrogen-bond acceptors (Lipinski definition) is 2. The van der Waals surface area contributed by atoms with Gasteiger partial charge in [0, 0.05) is 18.1 Å². The van der Waals surface area contributed by atoms with Gasteiger partial charge in [0.05, 0.1) is 0 Å². The summed E-state index contributed by atoms with van der Waals surface area (Å²) in [4.78, 5) is 2.83. The molecule has 0 radical (unpaired) electrons. The van der Waals surface area contributed by atoms with Gasteiger partial charge >= 0.3 is 0 Å². The van der Waals surface area contributed by atoms with Crippen molar-refractivity contribution in [1.82, 2.24) is 4.90 Å². The lowest BCUT2D eigenvalue weighted by Crippen LogP contribution is -2.59. The van der Waals surface area contributed by atoms with E-state index in [0.717, 1.165) is 24.4 Å². The van der Waals surface area contributed by atoms with Crippen LogP contribution in [0.5, 0.6) is 0 Å². The van der Waals surface area contributed by atoms with Crippen LogP contribution in [-0.4, -0.2) is 29.6 Å². The van der Waals surface area contributed by atoms with Gasteiger partial charge in [-0.05, 0) is 50.5 Å². The van der Waals surface area contributed by atoms with E-state index in [1.807, 2.05) is 0 Å². The molecule has 2 aliphatic rings. The molecule has 2 saturated carbocycles. The van der Waals surface area contributed by atoms with Gasteiger partial charge in [-0.1, -0.05) is 46.5 Å². The molecule has 2 fully saturated rings. The van der Waals surface area contributed by atoms with Crippen LogP contribution in [-0.2, 0) is 0 Å². The standard InChI is InChI=1S/C18H36N2/c1-4-20(17-9-5-6-10-17)18(14-19)11-7-8-16(13-18)12-15(2)3/h15-17H,4-14,19H2,1-3H3. The minimum absolute atomic E-state index is 0.321. The normalized spacial score (nSPS) is 32.4. The molecule has 0 spiro atoms. The summed E-state index contributed by atoms with van der Waals surface area (Å²) in [6, 6.07) is 0.821. The Bertz CT molecular complexity index is 283. The molecule has 0 aliphatic heterocycles. The fourth-order valence-electron chi connectivity index (χ4n) is 5.09. The van der Waals surface area contributed by atoms with Crippen molar-refractivity contribution in [2.24, 2.45) is 17.6 Å². The van der Waals surface area contributed by atoms with Crippen LogP contribution in [0.25, 0.3) is 0 Å². The van der Waals surface area contributed by atoms with Crippen molar-refractivity contribution in [3.63, 3.8) is 0 Å². The van der Waals surface area contributed by atoms with E-state index >= 15 is 0 Å². The molecular formula is C18H36N2. The van der Waals surface area contributed by atoms with Gasteiger partial charge in [0.2, 0.25) is 0 Å². The van der Waals surface area contributed by atoms with E-state index in [1.165, 1.54) is 64.3 Å². The van der Waals surface area contributed by atoms with Crippen LogP contribution < -0.4 is 5.73 Å². The average Bonchev–Trinajstić information content (AvgIpc) is 2.93. The van der Waals surface area contributed by atoms with E-state index in [-0.39, 0.29) is 0 Å². The highest BCUT2D eigenvalue weighted by Crippen LogP contribution is 2.41. The molecular weight excluding hydrogens is 244 g/mol. The Hall–Kier alpha value is -0.0800. The van der Waals surface area contributed by atoms with Crippen molar-refractivity contribution in [2.45, 2.75) is 90.1 Å². The van der Waals surface area contributed by atoms with Gasteiger partial charge in [-0.15, -0.1) is 0 Å². The average molecular weight is 280 g/mol. The van der Waals surface area contributed by atoms with E-state index in [9.17, 15) is 0 Å². The Morgan fingerprint density at radius 2 is 1.85 bits per heavy atom. The third-order valence-corrected chi connectivity index (χ3v) is 5.82. The molecule has 0 amide bonds. The smallest absolute Gasteiger partial charge is 0.0337 e. The van der Waals surface area contributed by atoms with Gasteiger partial charge in [-0.2, -0.15) is 0 Å². The Kier molecular flexibility index (Phi) is 5.92. The maximum atomic E-state index is 6.33. The molecule has 20 heavy (non-hydrogen) atoms. The lowest BCUT2D eigenvalue weighted by atomic mass is 9.71. The lowest BCUT2D eigenvalue weighted by molar-refractivity contribution is 0.00414. The molecule has 2 atom stereocenters. The Balaban J connectivity index is 2.09. The number of likely N-dealkylation sites (N-methyl/N-ethyl adjacent to an activating group) is 1. The van der Waals surface area contributed by atoms with Gasteiger partial charge in [-0.3, -0.25) is 4.90 Å². The van der Waals surface area contributed by atoms with Crippen LogP contribution in [0.2, 0.25) is 0 Å². The summed E-state index contributed by atoms with van der Waals surface area (Å²) in [6.07, 6.45) is 12.6. The van der Waals surface area contributed by atoms with Crippen molar-refractivity contribution < 1.29 is 0 Å². The van der Waals surface area contributed by atoms with Crippen LogP contribution in [0.4, 0.5) is 0 Å². The topological polar surface area (TPSA) is 29.3 Å². The third-order valence-electron chi connectivity index (χ3n) is 5.82. The number of hydrogen-bond donors (Lipinski definition) is 1. The maximum Gasteiger partial charge on any atom is 0.0337 e. The quantitative estimate of drug-likeness (QED) is 0.790. The first-order valence-corrected chi connectivity index (χ1v) is 9.08. The van der Waals surface area contributed by atoms with Gasteiger partial charge < -0.3 is 5.73 Å². The minimum Gasteiger partial charge on any atom is -0.329 e. The lowest BCUT2D eigenvalue weighted by Gasteiger charge is -2.51. The van der Waals surface area contributed by atoms with Gasteiger partial charge in [0.25, 0.3) is 0 Å². The highest BCUT2D eigenvalue weighted by Gasteiger charge is 2.42. The van der Waals surface area contributed by atoms with Crippen LogP contribution in [0.15, 0.2) is 0 Å². The summed E-state index contributed by atoms with van der Waals surface area (Å²) in [5.74, 6) is 1.73. The minimum atomic E-state index is 0.321. The molecule has 2 rings (SSSR count). The van der Waals surface area contributed by atoms with E-state index in [4.69, 9.17) is 5.73 Å². The second kappa shape index (κ2) is 7.26. The predicted octanol–water partition coefficient (Wildman–Crippen LogP) is 4.18. The molecule has 2 nitrogen and oxygen atoms in total. The van der Waals surface area contributed by atoms with Gasteiger partial charge in [0.1, 0.15) is 0 Å². The van der Waals surface area contributed by atoms with E-state index < -0.39 is 0 Å². The van der Waals surface area contributed by atoms with Crippen LogP contribution >= 0.6 is 0 Å². The van der Waals surface area contributed by atoms with Crippen LogP contribution in [0, 0.1) is 11.8 Å². The second-order valence-electron chi connectivity index (χ2n) is 7.74. The summed E-state index contributed by atoms with van der Waals surface area (Å²) in [6.45, 7) is 9.14. The van der Waals surface area contributed by atoms with Crippen molar-refractivity contribution in [3.05, 3.63) is 0 Å². The molecule has 2 N–H and O–H groups in total. The molecule has 118 valence electrons. The summed E-state index contributed by atoms with van der Waals surface area (Å²) >= 11 is 0. The second-order valence-corrected chi connectivity index (χ2v) is 7.74. The van der Waals surface area contributed by atoms with Gasteiger partial charge in [0.15, 0.2) is 0 Å². The van der Waals surface area contributed by atoms with Crippen LogP contribution in [0.1, 0.15) is 78.6 Å². The monoisotopic (exact) mass is 280 g/mol.